The lowest BCUT2D eigenvalue weighted by molar-refractivity contribution is 0.564. The van der Waals surface area contributed by atoms with Crippen molar-refractivity contribution in [2.45, 2.75) is 12.8 Å². The number of alkyl halides is 1. The van der Waals surface area contributed by atoms with Gasteiger partial charge in [-0.15, -0.1) is 11.6 Å². The Morgan fingerprint density at radius 1 is 1.27 bits per heavy atom. The Morgan fingerprint density at radius 2 is 1.73 bits per heavy atom. The molecule has 3 heteroatoms. The third-order valence-electron chi connectivity index (χ3n) is 1.42. The number of hydrogen-bond acceptors (Lipinski definition) is 0. The summed E-state index contributed by atoms with van der Waals surface area (Å²) in [6.07, 6.45) is 0. The fraction of sp³-hybridized carbons (Fsp3) is 0.250. The maximum absolute atomic E-state index is 12.8. The highest BCUT2D eigenvalue weighted by molar-refractivity contribution is 6.17. The summed E-state index contributed by atoms with van der Waals surface area (Å²) in [6.45, 7) is 1.63. The molecule has 0 bridgehead atoms. The summed E-state index contributed by atoms with van der Waals surface area (Å²) in [5.74, 6) is -1.27. The molecule has 0 aliphatic heterocycles. The fourth-order valence-corrected chi connectivity index (χ4v) is 1.11. The molecule has 0 amide bonds. The predicted octanol–water partition coefficient (Wildman–Crippen LogP) is 3.01. The van der Waals surface area contributed by atoms with E-state index in [0.29, 0.717) is 5.56 Å². The zero-order valence-corrected chi connectivity index (χ0v) is 6.75. The fourth-order valence-electron chi connectivity index (χ4n) is 0.857. The quantitative estimate of drug-likeness (QED) is 0.577. The van der Waals surface area contributed by atoms with E-state index in [1.807, 2.05) is 0 Å². The van der Waals surface area contributed by atoms with E-state index in [2.05, 4.69) is 0 Å². The van der Waals surface area contributed by atoms with Crippen molar-refractivity contribution in [3.63, 3.8) is 0 Å². The highest BCUT2D eigenvalue weighted by Gasteiger charge is 2.07. The van der Waals surface area contributed by atoms with Crippen molar-refractivity contribution in [2.24, 2.45) is 0 Å². The SMILES string of the molecule is Cc1cc(F)c(CCl)c(F)c1. The van der Waals surface area contributed by atoms with Crippen LogP contribution in [0, 0.1) is 18.6 Å². The van der Waals surface area contributed by atoms with Gasteiger partial charge in [0.05, 0.1) is 5.88 Å². The van der Waals surface area contributed by atoms with Gasteiger partial charge in [-0.25, -0.2) is 8.78 Å². The van der Waals surface area contributed by atoms with Gasteiger partial charge in [-0.05, 0) is 24.6 Å². The van der Waals surface area contributed by atoms with Gasteiger partial charge in [0.15, 0.2) is 0 Å². The third kappa shape index (κ3) is 1.69. The van der Waals surface area contributed by atoms with E-state index in [0.717, 1.165) is 0 Å². The number of aryl methyl sites for hydroxylation is 1. The van der Waals surface area contributed by atoms with Crippen LogP contribution in [0.25, 0.3) is 0 Å². The largest absolute Gasteiger partial charge is 0.207 e. The molecule has 11 heavy (non-hydrogen) atoms. The van der Waals surface area contributed by atoms with Crippen LogP contribution in [0.4, 0.5) is 8.78 Å². The van der Waals surface area contributed by atoms with E-state index in [9.17, 15) is 8.78 Å². The highest BCUT2D eigenvalue weighted by atomic mass is 35.5. The first kappa shape index (κ1) is 8.47. The number of benzene rings is 1. The van der Waals surface area contributed by atoms with Gasteiger partial charge in [0.2, 0.25) is 0 Å². The average Bonchev–Trinajstić information content (AvgIpc) is 1.85. The maximum atomic E-state index is 12.8. The smallest absolute Gasteiger partial charge is 0.130 e. The first-order valence-corrected chi connectivity index (χ1v) is 3.69. The van der Waals surface area contributed by atoms with Crippen molar-refractivity contribution in [2.75, 3.05) is 0 Å². The molecule has 0 fully saturated rings. The monoisotopic (exact) mass is 176 g/mol. The summed E-state index contributed by atoms with van der Waals surface area (Å²) in [4.78, 5) is 0. The van der Waals surface area contributed by atoms with Gasteiger partial charge >= 0.3 is 0 Å². The molecule has 0 spiro atoms. The zero-order valence-electron chi connectivity index (χ0n) is 6.00. The molecule has 0 atom stereocenters. The van der Waals surface area contributed by atoms with Crippen LogP contribution in [-0.4, -0.2) is 0 Å². The Hall–Kier alpha value is -0.630. The van der Waals surface area contributed by atoms with E-state index in [1.165, 1.54) is 12.1 Å². The Morgan fingerprint density at radius 3 is 2.09 bits per heavy atom. The molecular weight excluding hydrogens is 170 g/mol. The van der Waals surface area contributed by atoms with Crippen LogP contribution < -0.4 is 0 Å². The Bertz CT molecular complexity index is 248. The lowest BCUT2D eigenvalue weighted by Gasteiger charge is -2.01. The molecule has 1 aromatic rings. The minimum Gasteiger partial charge on any atom is -0.207 e. The molecular formula is C8H7ClF2. The van der Waals surface area contributed by atoms with Crippen molar-refractivity contribution >= 4 is 11.6 Å². The number of halogens is 3. The second kappa shape index (κ2) is 3.18. The summed E-state index contributed by atoms with van der Waals surface area (Å²) in [7, 11) is 0. The number of hydrogen-bond donors (Lipinski definition) is 0. The molecule has 0 aliphatic rings. The molecule has 0 saturated carbocycles. The minimum atomic E-state index is -0.572. The molecule has 0 heterocycles. The third-order valence-corrected chi connectivity index (χ3v) is 1.69. The van der Waals surface area contributed by atoms with Gasteiger partial charge in [-0.2, -0.15) is 0 Å². The standard InChI is InChI=1S/C8H7ClF2/c1-5-2-7(10)6(4-9)8(11)3-5/h2-3H,4H2,1H3. The normalized spacial score (nSPS) is 10.2. The first-order chi connectivity index (χ1) is 5.15. The summed E-state index contributed by atoms with van der Waals surface area (Å²) in [6, 6.07) is 2.53. The van der Waals surface area contributed by atoms with Crippen molar-refractivity contribution in [3.05, 3.63) is 34.9 Å². The van der Waals surface area contributed by atoms with E-state index < -0.39 is 11.6 Å². The maximum Gasteiger partial charge on any atom is 0.130 e. The summed E-state index contributed by atoms with van der Waals surface area (Å²) in [5.41, 5.74) is 0.506. The van der Waals surface area contributed by atoms with Crippen LogP contribution in [-0.2, 0) is 5.88 Å². The molecule has 0 aromatic heterocycles. The van der Waals surface area contributed by atoms with Crippen molar-refractivity contribution < 1.29 is 8.78 Å². The van der Waals surface area contributed by atoms with Gasteiger partial charge < -0.3 is 0 Å². The predicted molar refractivity (Wildman–Crippen MR) is 40.7 cm³/mol. The van der Waals surface area contributed by atoms with E-state index >= 15 is 0 Å². The van der Waals surface area contributed by atoms with Crippen LogP contribution in [0.5, 0.6) is 0 Å². The summed E-state index contributed by atoms with van der Waals surface area (Å²) in [5, 5.41) is 0. The summed E-state index contributed by atoms with van der Waals surface area (Å²) < 4.78 is 25.6. The molecule has 0 unspecified atom stereocenters. The van der Waals surface area contributed by atoms with Crippen molar-refractivity contribution in [1.82, 2.24) is 0 Å². The van der Waals surface area contributed by atoms with Crippen molar-refractivity contribution in [1.29, 1.82) is 0 Å². The highest BCUT2D eigenvalue weighted by Crippen LogP contribution is 2.16. The van der Waals surface area contributed by atoms with Gasteiger partial charge in [-0.3, -0.25) is 0 Å². The molecule has 0 radical (unpaired) electrons. The topological polar surface area (TPSA) is 0 Å². The Balaban J connectivity index is 3.25. The van der Waals surface area contributed by atoms with Crippen LogP contribution >= 0.6 is 11.6 Å². The van der Waals surface area contributed by atoms with Gasteiger partial charge in [0, 0.05) is 5.56 Å². The Kier molecular flexibility index (Phi) is 2.45. The van der Waals surface area contributed by atoms with Gasteiger partial charge in [0.25, 0.3) is 0 Å². The van der Waals surface area contributed by atoms with Crippen LogP contribution in [0.3, 0.4) is 0 Å². The summed E-state index contributed by atoms with van der Waals surface area (Å²) >= 11 is 5.31. The van der Waals surface area contributed by atoms with Crippen LogP contribution in [0.2, 0.25) is 0 Å². The molecule has 0 saturated heterocycles. The van der Waals surface area contributed by atoms with E-state index in [1.54, 1.807) is 6.92 Å². The minimum absolute atomic E-state index is 0.0581. The molecule has 0 N–H and O–H groups in total. The average molecular weight is 177 g/mol. The first-order valence-electron chi connectivity index (χ1n) is 3.15. The zero-order chi connectivity index (χ0) is 8.43. The van der Waals surface area contributed by atoms with E-state index in [4.69, 9.17) is 11.6 Å². The van der Waals surface area contributed by atoms with E-state index in [-0.39, 0.29) is 11.4 Å². The molecule has 1 rings (SSSR count). The molecule has 0 aliphatic carbocycles. The van der Waals surface area contributed by atoms with Gasteiger partial charge in [-0.1, -0.05) is 0 Å². The second-order valence-electron chi connectivity index (χ2n) is 2.34. The van der Waals surface area contributed by atoms with Gasteiger partial charge in [0.1, 0.15) is 11.6 Å². The molecule has 1 aromatic carbocycles. The molecule has 0 nitrogen and oxygen atoms in total. The lowest BCUT2D eigenvalue weighted by Crippen LogP contribution is -1.92. The van der Waals surface area contributed by atoms with Crippen LogP contribution in [0.15, 0.2) is 12.1 Å². The Labute approximate surface area is 68.8 Å². The van der Waals surface area contributed by atoms with Crippen LogP contribution in [0.1, 0.15) is 11.1 Å². The lowest BCUT2D eigenvalue weighted by atomic mass is 10.1. The second-order valence-corrected chi connectivity index (χ2v) is 2.61. The van der Waals surface area contributed by atoms with Crippen molar-refractivity contribution in [3.8, 4) is 0 Å². The molecule has 60 valence electrons. The number of rotatable bonds is 1.